The molecule has 0 bridgehead atoms. The fourth-order valence-electron chi connectivity index (χ4n) is 3.55. The van der Waals surface area contributed by atoms with E-state index in [0.717, 1.165) is 22.0 Å². The van der Waals surface area contributed by atoms with Gasteiger partial charge in [0.2, 0.25) is 0 Å². The Kier molecular flexibility index (Phi) is 6.58. The van der Waals surface area contributed by atoms with Crippen LogP contribution in [0.3, 0.4) is 0 Å². The molecule has 0 aliphatic rings. The van der Waals surface area contributed by atoms with E-state index in [4.69, 9.17) is 0 Å². The number of carbonyl (C=O) groups excluding carboxylic acids is 1. The summed E-state index contributed by atoms with van der Waals surface area (Å²) in [5, 5.41) is 0. The highest BCUT2D eigenvalue weighted by Crippen LogP contribution is 2.26. The van der Waals surface area contributed by atoms with E-state index in [2.05, 4.69) is 4.98 Å². The number of thioether (sulfide) groups is 1. The van der Waals surface area contributed by atoms with Crippen LogP contribution in [0.1, 0.15) is 29.9 Å². The number of hydrogen-bond donors (Lipinski definition) is 0. The number of rotatable bonds is 7. The monoisotopic (exact) mass is 479 g/mol. The second-order valence-corrected chi connectivity index (χ2v) is 11.1. The minimum atomic E-state index is -3.29. The van der Waals surface area contributed by atoms with Crippen LogP contribution in [0.15, 0.2) is 88.9 Å². The average molecular weight is 480 g/mol. The highest BCUT2D eigenvalue weighted by atomic mass is 32.2. The fraction of sp³-hybridized carbons (Fsp3) is 0.200. The molecule has 0 unspecified atom stereocenters. The van der Waals surface area contributed by atoms with Gasteiger partial charge < -0.3 is 9.30 Å². The first kappa shape index (κ1) is 23.1. The molecular weight excluding hydrogens is 454 g/mol. The first-order chi connectivity index (χ1) is 15.7. The van der Waals surface area contributed by atoms with Crippen LogP contribution in [0, 0.1) is 0 Å². The molecule has 2 aromatic heterocycles. The smallest absolute Gasteiger partial charge is 0.258 e. The molecule has 2 aromatic carbocycles. The van der Waals surface area contributed by atoms with Crippen LogP contribution in [0.2, 0.25) is 0 Å². The molecule has 4 rings (SSSR count). The molecule has 1 amide bonds. The maximum Gasteiger partial charge on any atom is 0.258 e. The van der Waals surface area contributed by atoms with Crippen molar-refractivity contribution in [2.24, 2.45) is 0 Å². The molecule has 0 fully saturated rings. The third kappa shape index (κ3) is 5.29. The second-order valence-electron chi connectivity index (χ2n) is 8.05. The predicted octanol–water partition coefficient (Wildman–Crippen LogP) is 5.09. The highest BCUT2D eigenvalue weighted by molar-refractivity contribution is 7.98. The third-order valence-electron chi connectivity index (χ3n) is 5.18. The van der Waals surface area contributed by atoms with Crippen molar-refractivity contribution in [1.29, 1.82) is 0 Å². The van der Waals surface area contributed by atoms with E-state index in [1.54, 1.807) is 28.8 Å². The summed E-state index contributed by atoms with van der Waals surface area (Å²) < 4.78 is 25.5. The van der Waals surface area contributed by atoms with Gasteiger partial charge in [-0.25, -0.2) is 13.4 Å². The van der Waals surface area contributed by atoms with Gasteiger partial charge in [-0.2, -0.15) is 0 Å². The van der Waals surface area contributed by atoms with Crippen molar-refractivity contribution in [3.8, 4) is 0 Å². The van der Waals surface area contributed by atoms with Crippen molar-refractivity contribution in [2.45, 2.75) is 35.4 Å². The second kappa shape index (κ2) is 9.41. The molecule has 0 radical (unpaired) electrons. The Morgan fingerprint density at radius 2 is 1.73 bits per heavy atom. The number of benzene rings is 2. The summed E-state index contributed by atoms with van der Waals surface area (Å²) in [6.07, 6.45) is 5.17. The van der Waals surface area contributed by atoms with E-state index in [0.29, 0.717) is 11.3 Å². The average Bonchev–Trinajstić information content (AvgIpc) is 3.21. The summed E-state index contributed by atoms with van der Waals surface area (Å²) in [7, 11) is -3.29. The van der Waals surface area contributed by atoms with Crippen LogP contribution >= 0.6 is 11.8 Å². The Morgan fingerprint density at radius 3 is 2.33 bits per heavy atom. The Hall–Kier alpha value is -3.10. The molecule has 4 aromatic rings. The van der Waals surface area contributed by atoms with Crippen LogP contribution in [0.5, 0.6) is 0 Å². The van der Waals surface area contributed by atoms with Crippen LogP contribution in [-0.2, 0) is 15.6 Å². The number of carbonyl (C=O) groups is 1. The molecule has 170 valence electrons. The first-order valence-electron chi connectivity index (χ1n) is 10.5. The van der Waals surface area contributed by atoms with E-state index >= 15 is 0 Å². The zero-order chi connectivity index (χ0) is 23.6. The molecule has 0 N–H and O–H groups in total. The lowest BCUT2D eigenvalue weighted by Gasteiger charge is -2.27. The number of hydrogen-bond acceptors (Lipinski definition) is 5. The highest BCUT2D eigenvalue weighted by Gasteiger charge is 2.21. The normalized spacial score (nSPS) is 11.8. The van der Waals surface area contributed by atoms with Crippen molar-refractivity contribution in [1.82, 2.24) is 9.38 Å². The van der Waals surface area contributed by atoms with Crippen molar-refractivity contribution < 1.29 is 13.2 Å². The number of pyridine rings is 1. The van der Waals surface area contributed by atoms with Gasteiger partial charge in [-0.1, -0.05) is 6.07 Å². The van der Waals surface area contributed by atoms with Crippen molar-refractivity contribution in [3.63, 3.8) is 0 Å². The number of sulfone groups is 1. The van der Waals surface area contributed by atoms with Crippen LogP contribution in [0.4, 0.5) is 5.69 Å². The minimum Gasteiger partial charge on any atom is -0.307 e. The van der Waals surface area contributed by atoms with Gasteiger partial charge in [0.15, 0.2) is 9.84 Å². The van der Waals surface area contributed by atoms with Gasteiger partial charge >= 0.3 is 0 Å². The lowest BCUT2D eigenvalue weighted by atomic mass is 10.1. The summed E-state index contributed by atoms with van der Waals surface area (Å²) in [6, 6.07) is 19.8. The third-order valence-corrected chi connectivity index (χ3v) is 7.35. The van der Waals surface area contributed by atoms with Gasteiger partial charge in [-0.05, 0) is 74.5 Å². The van der Waals surface area contributed by atoms with Crippen LogP contribution < -0.4 is 4.90 Å². The summed E-state index contributed by atoms with van der Waals surface area (Å²) in [5.41, 5.74) is 3.16. The van der Waals surface area contributed by atoms with Gasteiger partial charge in [0.25, 0.3) is 5.91 Å². The standard InChI is InChI=1S/C25H25N3O3S2/c1-18(2)28(21-9-13-23(14-10-21)33(3,30)31)25(29)19-7-11-22(12-8-19)32-17-20-16-27-15-5-4-6-24(27)26-20/h4-16,18H,17H2,1-3H3. The molecule has 0 spiro atoms. The Morgan fingerprint density at radius 1 is 1.03 bits per heavy atom. The molecule has 0 aliphatic heterocycles. The maximum absolute atomic E-state index is 13.2. The molecule has 0 saturated carbocycles. The summed E-state index contributed by atoms with van der Waals surface area (Å²) in [6.45, 7) is 3.86. The summed E-state index contributed by atoms with van der Waals surface area (Å²) in [4.78, 5) is 20.8. The number of fused-ring (bicyclic) bond motifs is 1. The summed E-state index contributed by atoms with van der Waals surface area (Å²) >= 11 is 1.67. The van der Waals surface area contributed by atoms with Gasteiger partial charge in [0.05, 0.1) is 10.6 Å². The van der Waals surface area contributed by atoms with Gasteiger partial charge in [0, 0.05) is 46.6 Å². The van der Waals surface area contributed by atoms with Gasteiger partial charge in [-0.3, -0.25) is 4.79 Å². The first-order valence-corrected chi connectivity index (χ1v) is 13.4. The minimum absolute atomic E-state index is 0.0920. The molecule has 0 aliphatic carbocycles. The predicted molar refractivity (Wildman–Crippen MR) is 133 cm³/mol. The molecule has 6 nitrogen and oxygen atoms in total. The topological polar surface area (TPSA) is 71.8 Å². The van der Waals surface area contributed by atoms with E-state index in [1.165, 1.54) is 18.4 Å². The molecule has 0 atom stereocenters. The van der Waals surface area contributed by atoms with Crippen molar-refractivity contribution in [3.05, 3.63) is 90.4 Å². The number of imidazole rings is 1. The Labute approximate surface area is 198 Å². The lowest BCUT2D eigenvalue weighted by Crippen LogP contribution is -2.37. The quantitative estimate of drug-likeness (QED) is 0.346. The van der Waals surface area contributed by atoms with E-state index in [9.17, 15) is 13.2 Å². The molecular formula is C25H25N3O3S2. The van der Waals surface area contributed by atoms with Crippen LogP contribution in [-0.4, -0.2) is 36.0 Å². The number of anilines is 1. The van der Waals surface area contributed by atoms with E-state index in [1.807, 2.05) is 73.1 Å². The largest absolute Gasteiger partial charge is 0.307 e. The zero-order valence-electron chi connectivity index (χ0n) is 18.7. The van der Waals surface area contributed by atoms with Crippen molar-refractivity contribution in [2.75, 3.05) is 11.2 Å². The molecule has 2 heterocycles. The van der Waals surface area contributed by atoms with Gasteiger partial charge in [-0.15, -0.1) is 11.8 Å². The zero-order valence-corrected chi connectivity index (χ0v) is 20.3. The summed E-state index contributed by atoms with van der Waals surface area (Å²) in [5.74, 6) is 0.605. The molecule has 0 saturated heterocycles. The van der Waals surface area contributed by atoms with E-state index < -0.39 is 9.84 Å². The number of amides is 1. The fourth-order valence-corrected chi connectivity index (χ4v) is 4.96. The van der Waals surface area contributed by atoms with Crippen molar-refractivity contribution >= 4 is 38.8 Å². The number of nitrogens with zero attached hydrogens (tertiary/aromatic N) is 3. The van der Waals surface area contributed by atoms with E-state index in [-0.39, 0.29) is 16.8 Å². The van der Waals surface area contributed by atoms with Gasteiger partial charge in [0.1, 0.15) is 5.65 Å². The Balaban J connectivity index is 1.47. The van der Waals surface area contributed by atoms with Crippen LogP contribution in [0.25, 0.3) is 5.65 Å². The number of aromatic nitrogens is 2. The SMILES string of the molecule is CC(C)N(C(=O)c1ccc(SCc2cn3ccccc3n2)cc1)c1ccc(S(C)(=O)=O)cc1. The molecule has 8 heteroatoms. The maximum atomic E-state index is 13.2. The lowest BCUT2D eigenvalue weighted by molar-refractivity contribution is 0.0980. The molecule has 33 heavy (non-hydrogen) atoms. The Bertz CT molecular complexity index is 1340.